The molecule has 1 aliphatic rings. The molecule has 2 aromatic rings. The molecular weight excluding hydrogens is 387 g/mol. The van der Waals surface area contributed by atoms with Gasteiger partial charge in [-0.1, -0.05) is 12.2 Å². The number of fused-ring (bicyclic) bond motifs is 1. The maximum Gasteiger partial charge on any atom is 0.337 e. The van der Waals surface area contributed by atoms with E-state index in [0.717, 1.165) is 10.4 Å². The summed E-state index contributed by atoms with van der Waals surface area (Å²) in [6.45, 7) is 4.25. The van der Waals surface area contributed by atoms with Crippen LogP contribution in [0.3, 0.4) is 0 Å². The molecule has 0 atom stereocenters. The van der Waals surface area contributed by atoms with Crippen LogP contribution in [0.15, 0.2) is 24.3 Å². The van der Waals surface area contributed by atoms with E-state index in [1.54, 1.807) is 0 Å². The summed E-state index contributed by atoms with van der Waals surface area (Å²) in [7, 11) is 0. The van der Waals surface area contributed by atoms with Gasteiger partial charge in [0.05, 0.1) is 17.8 Å². The van der Waals surface area contributed by atoms with Crippen LogP contribution in [-0.4, -0.2) is 27.3 Å². The minimum Gasteiger partial charge on any atom is -0.478 e. The van der Waals surface area contributed by atoms with Gasteiger partial charge in [-0.15, -0.1) is 11.3 Å². The van der Waals surface area contributed by atoms with E-state index in [2.05, 4.69) is 0 Å². The van der Waals surface area contributed by atoms with E-state index in [9.17, 15) is 19.1 Å². The van der Waals surface area contributed by atoms with Crippen LogP contribution in [0.2, 0.25) is 0 Å². The molecule has 1 aromatic carbocycles. The molecule has 27 heavy (non-hydrogen) atoms. The van der Waals surface area contributed by atoms with Crippen molar-refractivity contribution in [3.63, 3.8) is 0 Å². The number of thiophene rings is 1. The molecule has 1 aromatic heterocycles. The Balaban J connectivity index is 1.78. The van der Waals surface area contributed by atoms with E-state index < -0.39 is 17.4 Å². The average molecular weight is 407 g/mol. The molecule has 4 nitrogen and oxygen atoms in total. The highest BCUT2D eigenvalue weighted by Crippen LogP contribution is 2.38. The minimum absolute atomic E-state index is 0.0184. The highest BCUT2D eigenvalue weighted by molar-refractivity contribution is 7.80. The largest absolute Gasteiger partial charge is 0.478 e. The molecule has 142 valence electrons. The van der Waals surface area contributed by atoms with Gasteiger partial charge >= 0.3 is 5.97 Å². The van der Waals surface area contributed by atoms with E-state index in [4.69, 9.17) is 17.0 Å². The molecule has 0 unspecified atom stereocenters. The summed E-state index contributed by atoms with van der Waals surface area (Å²) in [6, 6.07) is 5.31. The number of carbonyl (C=O) groups is 2. The maximum absolute atomic E-state index is 13.0. The molecule has 0 radical (unpaired) electrons. The zero-order chi connectivity index (χ0) is 19.8. The molecule has 3 rings (SSSR count). The zero-order valence-corrected chi connectivity index (χ0v) is 16.6. The average Bonchev–Trinajstić information content (AvgIpc) is 2.91. The quantitative estimate of drug-likeness (QED) is 0.560. The second kappa shape index (κ2) is 7.58. The Morgan fingerprint density at radius 2 is 1.96 bits per heavy atom. The summed E-state index contributed by atoms with van der Waals surface area (Å²) < 4.78 is 18.8. The predicted octanol–water partition coefficient (Wildman–Crippen LogP) is 4.62. The normalized spacial score (nSPS) is 15.2. The number of halogens is 1. The van der Waals surface area contributed by atoms with E-state index >= 15 is 0 Å². The molecule has 7 heteroatoms. The van der Waals surface area contributed by atoms with Crippen LogP contribution in [0.4, 0.5) is 4.39 Å². The third-order valence-corrected chi connectivity index (χ3v) is 5.95. The van der Waals surface area contributed by atoms with Gasteiger partial charge in [0.2, 0.25) is 0 Å². The molecule has 0 saturated heterocycles. The van der Waals surface area contributed by atoms with Gasteiger partial charge in [0, 0.05) is 39.4 Å². The van der Waals surface area contributed by atoms with Crippen LogP contribution in [0.25, 0.3) is 0 Å². The van der Waals surface area contributed by atoms with Crippen molar-refractivity contribution in [3.8, 4) is 0 Å². The maximum atomic E-state index is 13.0. The number of carbonyl (C=O) groups excluding carboxylic acids is 1. The molecule has 0 fully saturated rings. The summed E-state index contributed by atoms with van der Waals surface area (Å²) in [5.41, 5.74) is 1.08. The van der Waals surface area contributed by atoms with Gasteiger partial charge in [0.1, 0.15) is 5.82 Å². The first-order valence-corrected chi connectivity index (χ1v) is 9.70. The fourth-order valence-corrected chi connectivity index (χ4v) is 4.78. The van der Waals surface area contributed by atoms with E-state index in [1.165, 1.54) is 35.6 Å². The van der Waals surface area contributed by atoms with Crippen LogP contribution in [0.1, 0.15) is 56.3 Å². The minimum atomic E-state index is -0.979. The topological polar surface area (TPSA) is 63.6 Å². The van der Waals surface area contributed by atoms with Crippen LogP contribution >= 0.6 is 23.6 Å². The Morgan fingerprint density at radius 3 is 2.59 bits per heavy atom. The number of rotatable bonds is 6. The first-order chi connectivity index (χ1) is 12.7. The number of carboxylic acid groups (broad SMARTS) is 1. The summed E-state index contributed by atoms with van der Waals surface area (Å²) >= 11 is 6.75. The Morgan fingerprint density at radius 1 is 1.30 bits per heavy atom. The molecule has 0 aliphatic carbocycles. The highest BCUT2D eigenvalue weighted by Gasteiger charge is 2.33. The molecule has 1 aliphatic heterocycles. The number of aromatic carboxylic acids is 1. The fraction of sp³-hybridized carbons (Fsp3) is 0.350. The van der Waals surface area contributed by atoms with Crippen molar-refractivity contribution in [1.29, 1.82) is 0 Å². The smallest absolute Gasteiger partial charge is 0.337 e. The highest BCUT2D eigenvalue weighted by atomic mass is 32.1. The Labute approximate surface area is 166 Å². The van der Waals surface area contributed by atoms with Gasteiger partial charge in [0.15, 0.2) is 5.78 Å². The number of ether oxygens (including phenoxy) is 1. The van der Waals surface area contributed by atoms with E-state index in [0.29, 0.717) is 33.9 Å². The van der Waals surface area contributed by atoms with Crippen molar-refractivity contribution < 1.29 is 23.8 Å². The van der Waals surface area contributed by atoms with E-state index in [-0.39, 0.29) is 18.6 Å². The van der Waals surface area contributed by atoms with Crippen molar-refractivity contribution in [2.24, 2.45) is 0 Å². The third kappa shape index (κ3) is 4.48. The van der Waals surface area contributed by atoms with Gasteiger partial charge in [-0.05, 0) is 43.7 Å². The van der Waals surface area contributed by atoms with Crippen molar-refractivity contribution >= 4 is 40.2 Å². The summed E-state index contributed by atoms with van der Waals surface area (Å²) in [6.07, 6.45) is 0.800. The Kier molecular flexibility index (Phi) is 5.55. The van der Waals surface area contributed by atoms with Gasteiger partial charge in [0.25, 0.3) is 0 Å². The van der Waals surface area contributed by atoms with Crippen LogP contribution in [0.5, 0.6) is 0 Å². The van der Waals surface area contributed by atoms with Crippen molar-refractivity contribution in [1.82, 2.24) is 0 Å². The first-order valence-electron chi connectivity index (χ1n) is 8.47. The lowest BCUT2D eigenvalue weighted by Crippen LogP contribution is -2.31. The van der Waals surface area contributed by atoms with Crippen molar-refractivity contribution in [3.05, 3.63) is 56.5 Å². The van der Waals surface area contributed by atoms with Gasteiger partial charge < -0.3 is 9.84 Å². The summed E-state index contributed by atoms with van der Waals surface area (Å²) in [5, 5.41) is 9.70. The standard InChI is InChI=1S/C20H19FO4S2/c1-20(2)9-14-17(10-25-20)27-16(18(14)19(23)24)8-13(26)7-15(22)11-3-5-12(21)6-4-11/h3-6H,7-10H2,1-2H3,(H,23,24). The molecule has 0 bridgehead atoms. The van der Waals surface area contributed by atoms with Gasteiger partial charge in [-0.25, -0.2) is 9.18 Å². The van der Waals surface area contributed by atoms with E-state index in [1.807, 2.05) is 13.8 Å². The number of hydrogen-bond donors (Lipinski definition) is 1. The number of Topliss-reactive ketones (excluding diaryl/α,β-unsaturated/α-hetero) is 1. The molecule has 1 N–H and O–H groups in total. The lowest BCUT2D eigenvalue weighted by molar-refractivity contribution is -0.0384. The van der Waals surface area contributed by atoms with Crippen molar-refractivity contribution in [2.45, 2.75) is 45.3 Å². The van der Waals surface area contributed by atoms with Crippen LogP contribution < -0.4 is 0 Å². The number of thiocarbonyl (C=S) groups is 1. The molecular formula is C20H19FO4S2. The predicted molar refractivity (Wildman–Crippen MR) is 105 cm³/mol. The Bertz CT molecular complexity index is 913. The lowest BCUT2D eigenvalue weighted by Gasteiger charge is -2.30. The monoisotopic (exact) mass is 406 g/mol. The second-order valence-corrected chi connectivity index (χ2v) is 8.92. The number of ketones is 1. The zero-order valence-electron chi connectivity index (χ0n) is 15.0. The number of benzene rings is 1. The summed E-state index contributed by atoms with van der Waals surface area (Å²) in [5.74, 6) is -1.59. The lowest BCUT2D eigenvalue weighted by atomic mass is 9.92. The van der Waals surface area contributed by atoms with Crippen LogP contribution in [0, 0.1) is 5.82 Å². The molecule has 0 spiro atoms. The first kappa shape index (κ1) is 19.8. The number of hydrogen-bond acceptors (Lipinski definition) is 5. The molecule has 0 saturated carbocycles. The van der Waals surface area contributed by atoms with Gasteiger partial charge in [-0.3, -0.25) is 4.79 Å². The fourth-order valence-electron chi connectivity index (χ4n) is 3.14. The van der Waals surface area contributed by atoms with Crippen molar-refractivity contribution in [2.75, 3.05) is 0 Å². The summed E-state index contributed by atoms with van der Waals surface area (Å²) in [4.78, 5) is 26.2. The molecule has 0 amide bonds. The van der Waals surface area contributed by atoms with Gasteiger partial charge in [-0.2, -0.15) is 0 Å². The van der Waals surface area contributed by atoms with Crippen LogP contribution in [-0.2, 0) is 24.2 Å². The number of carboxylic acids is 1. The third-order valence-electron chi connectivity index (χ3n) is 4.46. The second-order valence-electron chi connectivity index (χ2n) is 7.15. The molecule has 2 heterocycles. The Hall–Kier alpha value is -1.96. The SMILES string of the molecule is CC1(C)Cc2c(sc(CC(=S)CC(=O)c3ccc(F)cc3)c2C(=O)O)CO1.